The van der Waals surface area contributed by atoms with Crippen LogP contribution in [0.3, 0.4) is 0 Å². The van der Waals surface area contributed by atoms with Crippen molar-refractivity contribution < 1.29 is 0 Å². The fourth-order valence-electron chi connectivity index (χ4n) is 2.61. The molecular formula is C14H26N4. The fourth-order valence-corrected chi connectivity index (χ4v) is 2.61. The molecule has 0 aliphatic carbocycles. The van der Waals surface area contributed by atoms with Crippen molar-refractivity contribution in [2.24, 2.45) is 0 Å². The van der Waals surface area contributed by atoms with Gasteiger partial charge in [0.15, 0.2) is 0 Å². The third-order valence-electron chi connectivity index (χ3n) is 4.09. The van der Waals surface area contributed by atoms with Crippen LogP contribution in [0.25, 0.3) is 0 Å². The Morgan fingerprint density at radius 1 is 1.33 bits per heavy atom. The summed E-state index contributed by atoms with van der Waals surface area (Å²) in [5.74, 6) is 1.20. The minimum Gasteiger partial charge on any atom is -0.333 e. The molecule has 0 spiro atoms. The van der Waals surface area contributed by atoms with Crippen molar-refractivity contribution in [3.05, 3.63) is 18.2 Å². The molecule has 0 amide bonds. The van der Waals surface area contributed by atoms with E-state index in [-0.39, 0.29) is 0 Å². The second-order valence-corrected chi connectivity index (χ2v) is 5.28. The lowest BCUT2D eigenvalue weighted by Gasteiger charge is -2.33. The largest absolute Gasteiger partial charge is 0.333 e. The van der Waals surface area contributed by atoms with Crippen molar-refractivity contribution in [3.63, 3.8) is 0 Å². The molecule has 1 N–H and O–H groups in total. The van der Waals surface area contributed by atoms with Gasteiger partial charge in [-0.1, -0.05) is 13.8 Å². The highest BCUT2D eigenvalue weighted by molar-refractivity contribution is 4.96. The minimum atomic E-state index is 0.580. The van der Waals surface area contributed by atoms with E-state index in [9.17, 15) is 0 Å². The van der Waals surface area contributed by atoms with Crippen molar-refractivity contribution >= 4 is 0 Å². The molecule has 0 aromatic carbocycles. The van der Waals surface area contributed by atoms with Gasteiger partial charge in [0.1, 0.15) is 5.82 Å². The van der Waals surface area contributed by atoms with Crippen molar-refractivity contribution in [1.82, 2.24) is 19.8 Å². The molecule has 0 radical (unpaired) electrons. The number of hydrogen-bond donors (Lipinski definition) is 1. The molecule has 0 saturated carbocycles. The van der Waals surface area contributed by atoms with Gasteiger partial charge in [-0.15, -0.1) is 0 Å². The standard InChI is InChI=1S/C14H26N4/c1-4-13(5-2)16-10-12(3)18-9-8-17-7-6-15-14(17)11-18/h6-7,12-13,16H,4-5,8-11H2,1-3H3. The van der Waals surface area contributed by atoms with Crippen molar-refractivity contribution in [1.29, 1.82) is 0 Å². The molecule has 2 rings (SSSR count). The summed E-state index contributed by atoms with van der Waals surface area (Å²) in [4.78, 5) is 6.94. The van der Waals surface area contributed by atoms with E-state index in [0.717, 1.165) is 26.2 Å². The van der Waals surface area contributed by atoms with E-state index in [1.807, 2.05) is 6.20 Å². The summed E-state index contributed by atoms with van der Waals surface area (Å²) in [5, 5.41) is 3.67. The molecule has 2 heterocycles. The first-order chi connectivity index (χ1) is 8.74. The Hall–Kier alpha value is -0.870. The highest BCUT2D eigenvalue weighted by Gasteiger charge is 2.21. The summed E-state index contributed by atoms with van der Waals surface area (Å²) in [6.45, 7) is 11.1. The highest BCUT2D eigenvalue weighted by Crippen LogP contribution is 2.13. The lowest BCUT2D eigenvalue weighted by Crippen LogP contribution is -2.46. The molecular weight excluding hydrogens is 224 g/mol. The maximum Gasteiger partial charge on any atom is 0.122 e. The van der Waals surface area contributed by atoms with Crippen LogP contribution >= 0.6 is 0 Å². The summed E-state index contributed by atoms with van der Waals surface area (Å²) in [6.07, 6.45) is 6.42. The number of aromatic nitrogens is 2. The van der Waals surface area contributed by atoms with Crippen LogP contribution in [-0.4, -0.2) is 39.6 Å². The highest BCUT2D eigenvalue weighted by atomic mass is 15.3. The Labute approximate surface area is 110 Å². The number of imidazole rings is 1. The average Bonchev–Trinajstić information content (AvgIpc) is 2.86. The lowest BCUT2D eigenvalue weighted by atomic mass is 10.1. The summed E-state index contributed by atoms with van der Waals surface area (Å²) in [6, 6.07) is 1.25. The molecule has 4 heteroatoms. The number of hydrogen-bond acceptors (Lipinski definition) is 3. The molecule has 1 atom stereocenters. The Bertz CT molecular complexity index is 356. The number of nitrogens with zero attached hydrogens (tertiary/aromatic N) is 3. The molecule has 0 bridgehead atoms. The maximum absolute atomic E-state index is 4.42. The van der Waals surface area contributed by atoms with Crippen LogP contribution in [0.4, 0.5) is 0 Å². The van der Waals surface area contributed by atoms with E-state index in [1.54, 1.807) is 0 Å². The quantitative estimate of drug-likeness (QED) is 0.836. The Kier molecular flexibility index (Phi) is 4.78. The van der Waals surface area contributed by atoms with Gasteiger partial charge in [-0.05, 0) is 19.8 Å². The molecule has 1 aromatic heterocycles. The first-order valence-corrected chi connectivity index (χ1v) is 7.22. The molecule has 1 aromatic rings. The second kappa shape index (κ2) is 6.34. The van der Waals surface area contributed by atoms with Crippen molar-refractivity contribution in [2.45, 2.75) is 58.8 Å². The first kappa shape index (κ1) is 13.6. The summed E-state index contributed by atoms with van der Waals surface area (Å²) in [7, 11) is 0. The summed E-state index contributed by atoms with van der Waals surface area (Å²) >= 11 is 0. The van der Waals surface area contributed by atoms with Gasteiger partial charge in [0.05, 0.1) is 6.54 Å². The minimum absolute atomic E-state index is 0.580. The fraction of sp³-hybridized carbons (Fsp3) is 0.786. The van der Waals surface area contributed by atoms with Gasteiger partial charge >= 0.3 is 0 Å². The summed E-state index contributed by atoms with van der Waals surface area (Å²) in [5.41, 5.74) is 0. The van der Waals surface area contributed by atoms with Gasteiger partial charge < -0.3 is 9.88 Å². The molecule has 102 valence electrons. The van der Waals surface area contributed by atoms with E-state index in [2.05, 4.69) is 46.7 Å². The number of nitrogens with one attached hydrogen (secondary N) is 1. The third kappa shape index (κ3) is 3.12. The maximum atomic E-state index is 4.42. The van der Waals surface area contributed by atoms with Crippen LogP contribution in [0.1, 0.15) is 39.4 Å². The van der Waals surface area contributed by atoms with Crippen molar-refractivity contribution in [3.8, 4) is 0 Å². The van der Waals surface area contributed by atoms with Gasteiger partial charge in [0.25, 0.3) is 0 Å². The Morgan fingerprint density at radius 2 is 2.11 bits per heavy atom. The van der Waals surface area contributed by atoms with E-state index in [0.29, 0.717) is 12.1 Å². The lowest BCUT2D eigenvalue weighted by molar-refractivity contribution is 0.157. The number of rotatable bonds is 6. The zero-order valence-corrected chi connectivity index (χ0v) is 11.9. The third-order valence-corrected chi connectivity index (χ3v) is 4.09. The Balaban J connectivity index is 1.82. The average molecular weight is 250 g/mol. The molecule has 4 nitrogen and oxygen atoms in total. The zero-order valence-electron chi connectivity index (χ0n) is 11.9. The predicted octanol–water partition coefficient (Wildman–Crippen LogP) is 1.87. The molecule has 1 aliphatic heterocycles. The number of fused-ring (bicyclic) bond motifs is 1. The summed E-state index contributed by atoms with van der Waals surface area (Å²) < 4.78 is 2.26. The molecule has 1 unspecified atom stereocenters. The van der Waals surface area contributed by atoms with E-state index >= 15 is 0 Å². The van der Waals surface area contributed by atoms with E-state index in [1.165, 1.54) is 18.7 Å². The van der Waals surface area contributed by atoms with Crippen LogP contribution in [0.5, 0.6) is 0 Å². The van der Waals surface area contributed by atoms with Crippen molar-refractivity contribution in [2.75, 3.05) is 13.1 Å². The van der Waals surface area contributed by atoms with Gasteiger partial charge in [-0.25, -0.2) is 4.98 Å². The zero-order chi connectivity index (χ0) is 13.0. The van der Waals surface area contributed by atoms with Crippen LogP contribution < -0.4 is 5.32 Å². The predicted molar refractivity (Wildman–Crippen MR) is 74.5 cm³/mol. The molecule has 1 aliphatic rings. The van der Waals surface area contributed by atoms with Crippen LogP contribution in [0.15, 0.2) is 12.4 Å². The topological polar surface area (TPSA) is 33.1 Å². The normalized spacial score (nSPS) is 18.0. The first-order valence-electron chi connectivity index (χ1n) is 7.22. The Morgan fingerprint density at radius 3 is 2.83 bits per heavy atom. The van der Waals surface area contributed by atoms with Gasteiger partial charge in [-0.3, -0.25) is 4.90 Å². The SMILES string of the molecule is CCC(CC)NCC(C)N1CCn2ccnc2C1. The van der Waals surface area contributed by atoms with Gasteiger partial charge in [-0.2, -0.15) is 0 Å². The second-order valence-electron chi connectivity index (χ2n) is 5.28. The molecule has 0 fully saturated rings. The van der Waals surface area contributed by atoms with Gasteiger partial charge in [0.2, 0.25) is 0 Å². The van der Waals surface area contributed by atoms with Crippen LogP contribution in [0, 0.1) is 0 Å². The monoisotopic (exact) mass is 250 g/mol. The van der Waals surface area contributed by atoms with Gasteiger partial charge in [0, 0.05) is 44.1 Å². The van der Waals surface area contributed by atoms with E-state index < -0.39 is 0 Å². The van der Waals surface area contributed by atoms with Crippen LogP contribution in [0.2, 0.25) is 0 Å². The smallest absolute Gasteiger partial charge is 0.122 e. The van der Waals surface area contributed by atoms with Crippen LogP contribution in [-0.2, 0) is 13.1 Å². The molecule has 18 heavy (non-hydrogen) atoms. The van der Waals surface area contributed by atoms with E-state index in [4.69, 9.17) is 0 Å². The molecule has 0 saturated heterocycles.